The van der Waals surface area contributed by atoms with Gasteiger partial charge in [0.2, 0.25) is 0 Å². The van der Waals surface area contributed by atoms with Crippen molar-refractivity contribution in [2.45, 2.75) is 257 Å². The highest BCUT2D eigenvalue weighted by Gasteiger charge is 2.27. The van der Waals surface area contributed by atoms with Gasteiger partial charge in [-0.2, -0.15) is 0 Å². The summed E-state index contributed by atoms with van der Waals surface area (Å²) < 4.78 is 16.1. The molecule has 0 saturated carbocycles. The lowest BCUT2D eigenvalue weighted by Crippen LogP contribution is -2.37. The number of unbranched alkanes of at least 4 members (excludes halogenated alkanes) is 21. The van der Waals surface area contributed by atoms with Gasteiger partial charge >= 0.3 is 17.9 Å². The molecule has 0 aromatic heterocycles. The van der Waals surface area contributed by atoms with E-state index in [2.05, 4.69) is 93.7 Å². The summed E-state index contributed by atoms with van der Waals surface area (Å²) in [5, 5.41) is 31.6. The largest absolute Gasteiger partial charge is 0.460 e. The molecule has 0 amide bonds. The number of carbonyl (C=O) groups excluding carboxylic acids is 3. The predicted molar refractivity (Wildman–Crippen MR) is 274 cm³/mol. The fourth-order valence-corrected chi connectivity index (χ4v) is 7.17. The van der Waals surface area contributed by atoms with Crippen molar-refractivity contribution in [3.05, 3.63) is 72.9 Å². The summed E-state index contributed by atoms with van der Waals surface area (Å²) in [5.74, 6) is -2.61. The van der Waals surface area contributed by atoms with Gasteiger partial charge in [-0.1, -0.05) is 190 Å². The zero-order valence-corrected chi connectivity index (χ0v) is 42.3. The van der Waals surface area contributed by atoms with Crippen LogP contribution in [0.4, 0.5) is 0 Å². The third kappa shape index (κ3) is 43.3. The van der Waals surface area contributed by atoms with Gasteiger partial charge in [0.05, 0.1) is 0 Å². The maximum atomic E-state index is 12.9. The van der Waals surface area contributed by atoms with Crippen LogP contribution >= 0.6 is 0 Å². The van der Waals surface area contributed by atoms with Crippen LogP contribution in [0.1, 0.15) is 233 Å². The molecule has 3 atom stereocenters. The molecule has 9 nitrogen and oxygen atoms in total. The number of hydrogen-bond acceptors (Lipinski definition) is 9. The van der Waals surface area contributed by atoms with E-state index in [1.807, 2.05) is 0 Å². The molecule has 0 aliphatic heterocycles. The highest BCUT2D eigenvalue weighted by Crippen LogP contribution is 2.14. The molecule has 9 heteroatoms. The third-order valence-corrected chi connectivity index (χ3v) is 11.5. The molecule has 0 aliphatic carbocycles. The first-order chi connectivity index (χ1) is 32.3. The molecule has 3 N–H and O–H groups in total. The first-order valence-corrected chi connectivity index (χ1v) is 26.7. The quantitative estimate of drug-likeness (QED) is 0.0235. The normalized spacial score (nSPS) is 14.1. The molecule has 3 unspecified atom stereocenters. The van der Waals surface area contributed by atoms with Gasteiger partial charge in [0, 0.05) is 0 Å². The van der Waals surface area contributed by atoms with Gasteiger partial charge in [-0.3, -0.25) is 0 Å². The molecular weight excluding hydrogens is 829 g/mol. The van der Waals surface area contributed by atoms with Crippen LogP contribution in [0, 0.1) is 0 Å². The maximum Gasteiger partial charge on any atom is 0.335 e. The number of ether oxygens (including phenoxy) is 3. The van der Waals surface area contributed by atoms with Gasteiger partial charge in [0.15, 0.2) is 24.4 Å². The summed E-state index contributed by atoms with van der Waals surface area (Å²) in [6.07, 6.45) is 53.2. The van der Waals surface area contributed by atoms with Gasteiger partial charge in [0.1, 0.15) is 13.2 Å². The van der Waals surface area contributed by atoms with E-state index in [0.29, 0.717) is 19.3 Å². The number of hydrogen-bond donors (Lipinski definition) is 3. The fourth-order valence-electron chi connectivity index (χ4n) is 7.17. The molecule has 0 aromatic carbocycles. The van der Waals surface area contributed by atoms with Gasteiger partial charge in [0.25, 0.3) is 0 Å². The molecule has 0 heterocycles. The number of allylic oxidation sites excluding steroid dienone is 12. The summed E-state index contributed by atoms with van der Waals surface area (Å²) in [6.45, 7) is 5.70. The van der Waals surface area contributed by atoms with E-state index in [9.17, 15) is 29.7 Å². The standard InChI is InChI=1S/C57H98O9/c1-4-7-10-13-16-19-22-25-28-31-34-37-40-43-46-52(58)55(61)64-49-51(66-57(63)54(60)48-45-42-39-36-33-30-27-24-21-18-15-12-9-6-3)50-65-56(62)53(59)47-44-41-38-35-32-29-26-23-20-17-14-11-8-5-2/h16-21,25-30,51-54,58-60H,4-15,22-24,31-50H2,1-3H3. The van der Waals surface area contributed by atoms with Gasteiger partial charge in [-0.15, -0.1) is 0 Å². The molecule has 0 radical (unpaired) electrons. The van der Waals surface area contributed by atoms with E-state index in [0.717, 1.165) is 116 Å². The first-order valence-electron chi connectivity index (χ1n) is 26.7. The van der Waals surface area contributed by atoms with Crippen LogP contribution in [0.2, 0.25) is 0 Å². The van der Waals surface area contributed by atoms with Gasteiger partial charge < -0.3 is 29.5 Å². The molecule has 0 bridgehead atoms. The van der Waals surface area contributed by atoms with Crippen molar-refractivity contribution in [3.63, 3.8) is 0 Å². The van der Waals surface area contributed by atoms with E-state index in [1.165, 1.54) is 57.8 Å². The Balaban J connectivity index is 4.78. The third-order valence-electron chi connectivity index (χ3n) is 11.5. The number of rotatable bonds is 47. The lowest BCUT2D eigenvalue weighted by Gasteiger charge is -2.21. The second-order valence-corrected chi connectivity index (χ2v) is 17.9. The van der Waals surface area contributed by atoms with Crippen LogP contribution < -0.4 is 0 Å². The first kappa shape index (κ1) is 62.7. The van der Waals surface area contributed by atoms with Crippen molar-refractivity contribution < 1.29 is 43.9 Å². The van der Waals surface area contributed by atoms with Gasteiger partial charge in [-0.25, -0.2) is 14.4 Å². The highest BCUT2D eigenvalue weighted by atomic mass is 16.6. The molecule has 66 heavy (non-hydrogen) atoms. The molecular formula is C57H98O9. The van der Waals surface area contributed by atoms with Crippen molar-refractivity contribution in [2.24, 2.45) is 0 Å². The minimum absolute atomic E-state index is 0.209. The zero-order valence-electron chi connectivity index (χ0n) is 42.3. The van der Waals surface area contributed by atoms with Crippen molar-refractivity contribution in [2.75, 3.05) is 13.2 Å². The molecule has 0 saturated heterocycles. The zero-order chi connectivity index (χ0) is 48.4. The van der Waals surface area contributed by atoms with Crippen LogP contribution in [-0.2, 0) is 28.6 Å². The Morgan fingerprint density at radius 3 is 0.894 bits per heavy atom. The second-order valence-electron chi connectivity index (χ2n) is 17.9. The van der Waals surface area contributed by atoms with Crippen LogP contribution in [0.5, 0.6) is 0 Å². The van der Waals surface area contributed by atoms with Crippen LogP contribution in [0.25, 0.3) is 0 Å². The van der Waals surface area contributed by atoms with E-state index in [-0.39, 0.29) is 19.3 Å². The molecule has 0 aromatic rings. The molecule has 380 valence electrons. The van der Waals surface area contributed by atoms with Crippen LogP contribution in [0.15, 0.2) is 72.9 Å². The van der Waals surface area contributed by atoms with E-state index < -0.39 is 55.5 Å². The highest BCUT2D eigenvalue weighted by molar-refractivity contribution is 5.76. The van der Waals surface area contributed by atoms with E-state index in [4.69, 9.17) is 14.2 Å². The fraction of sp³-hybridized carbons (Fsp3) is 0.737. The van der Waals surface area contributed by atoms with Crippen molar-refractivity contribution in [1.82, 2.24) is 0 Å². The topological polar surface area (TPSA) is 140 Å². The monoisotopic (exact) mass is 927 g/mol. The van der Waals surface area contributed by atoms with E-state index in [1.54, 1.807) is 0 Å². The number of aliphatic hydroxyl groups excluding tert-OH is 3. The Labute approximate surface area is 403 Å². The SMILES string of the molecule is CCCCCC=CCC=CCCCCCCC(O)C(=O)OCC(COC(=O)C(O)CCCCCCC=CCC=CCCCCC)OC(=O)C(O)CCCCCCC=CCC=CCCCCC. The van der Waals surface area contributed by atoms with Crippen molar-refractivity contribution >= 4 is 17.9 Å². The minimum Gasteiger partial charge on any atom is -0.460 e. The molecule has 0 fully saturated rings. The summed E-state index contributed by atoms with van der Waals surface area (Å²) in [7, 11) is 0. The Morgan fingerprint density at radius 2 is 0.606 bits per heavy atom. The van der Waals surface area contributed by atoms with Crippen LogP contribution in [0.3, 0.4) is 0 Å². The summed E-state index contributed by atoms with van der Waals surface area (Å²) in [5.41, 5.74) is 0. The average Bonchev–Trinajstić information content (AvgIpc) is 3.32. The lowest BCUT2D eigenvalue weighted by atomic mass is 10.1. The average molecular weight is 927 g/mol. The van der Waals surface area contributed by atoms with Crippen LogP contribution in [-0.4, -0.2) is 70.9 Å². The smallest absolute Gasteiger partial charge is 0.335 e. The Kier molecular flexibility index (Phi) is 47.2. The summed E-state index contributed by atoms with van der Waals surface area (Å²) >= 11 is 0. The second kappa shape index (κ2) is 49.6. The Hall–Kier alpha value is -3.27. The molecule has 0 rings (SSSR count). The van der Waals surface area contributed by atoms with Crippen molar-refractivity contribution in [1.29, 1.82) is 0 Å². The predicted octanol–water partition coefficient (Wildman–Crippen LogP) is 14.3. The maximum absolute atomic E-state index is 12.9. The van der Waals surface area contributed by atoms with E-state index >= 15 is 0 Å². The van der Waals surface area contributed by atoms with Crippen molar-refractivity contribution in [3.8, 4) is 0 Å². The lowest BCUT2D eigenvalue weighted by molar-refractivity contribution is -0.177. The Bertz CT molecular complexity index is 1230. The van der Waals surface area contributed by atoms with Gasteiger partial charge in [-0.05, 0) is 116 Å². The number of esters is 3. The molecule has 0 aliphatic rings. The number of aliphatic hydroxyl groups is 3. The molecule has 0 spiro atoms. The number of carbonyl (C=O) groups is 3. The summed E-state index contributed by atoms with van der Waals surface area (Å²) in [6, 6.07) is 0. The summed E-state index contributed by atoms with van der Waals surface area (Å²) in [4.78, 5) is 38.3. The Morgan fingerprint density at radius 1 is 0.348 bits per heavy atom. The minimum atomic E-state index is -1.39.